The molecule has 0 saturated heterocycles. The maximum atomic E-state index is 10.6. The van der Waals surface area contributed by atoms with Crippen molar-refractivity contribution in [1.82, 2.24) is 14.6 Å². The molecule has 4 nitrogen and oxygen atoms in total. The summed E-state index contributed by atoms with van der Waals surface area (Å²) in [6, 6.07) is 1.69. The number of hydrogen-bond acceptors (Lipinski definition) is 3. The Bertz CT molecular complexity index is 514. The zero-order chi connectivity index (χ0) is 10.3. The molecular formula is C11H11N3O. The lowest BCUT2D eigenvalue weighted by Gasteiger charge is -2.25. The van der Waals surface area contributed by atoms with Crippen molar-refractivity contribution in [3.05, 3.63) is 29.7 Å². The predicted octanol–water partition coefficient (Wildman–Crippen LogP) is 1.81. The largest absolute Gasteiger partial charge is 0.296 e. The van der Waals surface area contributed by atoms with Crippen LogP contribution >= 0.6 is 0 Å². The molecule has 1 aliphatic rings. The summed E-state index contributed by atoms with van der Waals surface area (Å²) in [4.78, 5) is 14.9. The molecule has 0 amide bonds. The van der Waals surface area contributed by atoms with E-state index in [0.717, 1.165) is 11.9 Å². The van der Waals surface area contributed by atoms with Gasteiger partial charge in [0.15, 0.2) is 11.9 Å². The Kier molecular flexibility index (Phi) is 1.80. The minimum Gasteiger partial charge on any atom is -0.296 e. The Hall–Kier alpha value is -1.71. The zero-order valence-corrected chi connectivity index (χ0v) is 8.26. The van der Waals surface area contributed by atoms with Gasteiger partial charge < -0.3 is 0 Å². The van der Waals surface area contributed by atoms with Gasteiger partial charge in [-0.2, -0.15) is 5.10 Å². The smallest absolute Gasteiger partial charge is 0.170 e. The number of hydrogen-bond donors (Lipinski definition) is 0. The predicted molar refractivity (Wildman–Crippen MR) is 55.0 cm³/mol. The summed E-state index contributed by atoms with van der Waals surface area (Å²) in [5, 5.41) is 4.12. The average Bonchev–Trinajstić information content (AvgIpc) is 2.57. The van der Waals surface area contributed by atoms with Gasteiger partial charge in [-0.05, 0) is 24.3 Å². The van der Waals surface area contributed by atoms with Crippen LogP contribution in [-0.2, 0) is 0 Å². The highest BCUT2D eigenvalue weighted by molar-refractivity contribution is 5.73. The monoisotopic (exact) mass is 201 g/mol. The Morgan fingerprint density at radius 3 is 3.00 bits per heavy atom. The van der Waals surface area contributed by atoms with Crippen molar-refractivity contribution in [3.8, 4) is 0 Å². The highest BCUT2D eigenvalue weighted by Gasteiger charge is 2.20. The van der Waals surface area contributed by atoms with Gasteiger partial charge in [0.2, 0.25) is 0 Å². The first-order valence-corrected chi connectivity index (χ1v) is 5.17. The summed E-state index contributed by atoms with van der Waals surface area (Å²) in [5.74, 6) is 0.644. The molecule has 0 radical (unpaired) electrons. The molecule has 0 unspecified atom stereocenters. The summed E-state index contributed by atoms with van der Waals surface area (Å²) >= 11 is 0. The highest BCUT2D eigenvalue weighted by atomic mass is 16.1. The molecule has 0 spiro atoms. The van der Waals surface area contributed by atoms with Crippen LogP contribution in [0.25, 0.3) is 5.65 Å². The first-order valence-electron chi connectivity index (χ1n) is 5.17. The Morgan fingerprint density at radius 2 is 2.33 bits per heavy atom. The standard InChI is InChI=1S/C11H11N3O/c15-7-10-4-11-12-5-9(6-14(11)13-10)8-2-1-3-8/h4-8H,1-3H2. The third-order valence-electron chi connectivity index (χ3n) is 3.05. The molecular weight excluding hydrogens is 190 g/mol. The van der Waals surface area contributed by atoms with E-state index in [1.807, 2.05) is 12.4 Å². The van der Waals surface area contributed by atoms with Gasteiger partial charge in [0.05, 0.1) is 0 Å². The van der Waals surface area contributed by atoms with Crippen molar-refractivity contribution in [3.63, 3.8) is 0 Å². The van der Waals surface area contributed by atoms with E-state index in [1.54, 1.807) is 10.6 Å². The highest BCUT2D eigenvalue weighted by Crippen LogP contribution is 2.35. The van der Waals surface area contributed by atoms with Gasteiger partial charge in [-0.1, -0.05) is 6.42 Å². The molecule has 76 valence electrons. The molecule has 0 N–H and O–H groups in total. The van der Waals surface area contributed by atoms with E-state index in [1.165, 1.54) is 24.8 Å². The second kappa shape index (κ2) is 3.15. The molecule has 2 aromatic rings. The van der Waals surface area contributed by atoms with E-state index < -0.39 is 0 Å². The quantitative estimate of drug-likeness (QED) is 0.696. The third kappa shape index (κ3) is 1.33. The number of fused-ring (bicyclic) bond motifs is 1. The van der Waals surface area contributed by atoms with E-state index in [4.69, 9.17) is 0 Å². The van der Waals surface area contributed by atoms with E-state index in [0.29, 0.717) is 11.6 Å². The maximum absolute atomic E-state index is 10.6. The van der Waals surface area contributed by atoms with Crippen LogP contribution in [-0.4, -0.2) is 20.9 Å². The van der Waals surface area contributed by atoms with Crippen LogP contribution < -0.4 is 0 Å². The van der Waals surface area contributed by atoms with Gasteiger partial charge >= 0.3 is 0 Å². The SMILES string of the molecule is O=Cc1cc2ncc(C3CCC3)cn2n1. The maximum Gasteiger partial charge on any atom is 0.170 e. The molecule has 4 heteroatoms. The van der Waals surface area contributed by atoms with Crippen LogP contribution in [0.15, 0.2) is 18.5 Å². The molecule has 0 bridgehead atoms. The lowest BCUT2D eigenvalue weighted by atomic mass is 9.81. The van der Waals surface area contributed by atoms with Crippen molar-refractivity contribution in [2.75, 3.05) is 0 Å². The Balaban J connectivity index is 2.08. The summed E-state index contributed by atoms with van der Waals surface area (Å²) in [7, 11) is 0. The van der Waals surface area contributed by atoms with E-state index in [9.17, 15) is 4.79 Å². The van der Waals surface area contributed by atoms with Gasteiger partial charge in [0.1, 0.15) is 5.69 Å². The molecule has 1 aliphatic carbocycles. The van der Waals surface area contributed by atoms with Gasteiger partial charge in [0, 0.05) is 18.5 Å². The number of aldehydes is 1. The minimum atomic E-state index is 0.438. The first-order chi connectivity index (χ1) is 7.36. The molecule has 15 heavy (non-hydrogen) atoms. The van der Waals surface area contributed by atoms with E-state index in [-0.39, 0.29) is 0 Å². The van der Waals surface area contributed by atoms with Gasteiger partial charge in [-0.25, -0.2) is 9.50 Å². The number of nitrogens with zero attached hydrogens (tertiary/aromatic N) is 3. The molecule has 0 aromatic carbocycles. The number of rotatable bonds is 2. The van der Waals surface area contributed by atoms with Gasteiger partial charge in [0.25, 0.3) is 0 Å². The summed E-state index contributed by atoms with van der Waals surface area (Å²) in [6.07, 6.45) is 8.43. The summed E-state index contributed by atoms with van der Waals surface area (Å²) < 4.78 is 1.69. The van der Waals surface area contributed by atoms with Crippen molar-refractivity contribution in [2.45, 2.75) is 25.2 Å². The van der Waals surface area contributed by atoms with E-state index in [2.05, 4.69) is 10.1 Å². The second-order valence-corrected chi connectivity index (χ2v) is 4.00. The van der Waals surface area contributed by atoms with Crippen LogP contribution in [0.3, 0.4) is 0 Å². The molecule has 2 aromatic heterocycles. The van der Waals surface area contributed by atoms with Crippen molar-refractivity contribution < 1.29 is 4.79 Å². The first kappa shape index (κ1) is 8.59. The van der Waals surface area contributed by atoms with Crippen LogP contribution in [0.4, 0.5) is 0 Å². The molecule has 2 heterocycles. The minimum absolute atomic E-state index is 0.438. The fourth-order valence-corrected chi connectivity index (χ4v) is 1.92. The molecule has 3 rings (SSSR count). The normalized spacial score (nSPS) is 16.5. The number of carbonyl (C=O) groups is 1. The van der Waals surface area contributed by atoms with Crippen LogP contribution in [0.1, 0.15) is 41.2 Å². The van der Waals surface area contributed by atoms with Crippen LogP contribution in [0.2, 0.25) is 0 Å². The fraction of sp³-hybridized carbons (Fsp3) is 0.364. The fourth-order valence-electron chi connectivity index (χ4n) is 1.92. The Morgan fingerprint density at radius 1 is 1.47 bits per heavy atom. The third-order valence-corrected chi connectivity index (χ3v) is 3.05. The van der Waals surface area contributed by atoms with E-state index >= 15 is 0 Å². The van der Waals surface area contributed by atoms with Crippen molar-refractivity contribution in [2.24, 2.45) is 0 Å². The molecule has 1 saturated carbocycles. The lowest BCUT2D eigenvalue weighted by Crippen LogP contribution is -2.10. The zero-order valence-electron chi connectivity index (χ0n) is 8.26. The summed E-state index contributed by atoms with van der Waals surface area (Å²) in [6.45, 7) is 0. The van der Waals surface area contributed by atoms with Crippen molar-refractivity contribution in [1.29, 1.82) is 0 Å². The molecule has 0 atom stereocenters. The second-order valence-electron chi connectivity index (χ2n) is 4.00. The van der Waals surface area contributed by atoms with Crippen LogP contribution in [0.5, 0.6) is 0 Å². The summed E-state index contributed by atoms with van der Waals surface area (Å²) in [5.41, 5.74) is 2.41. The van der Waals surface area contributed by atoms with Crippen molar-refractivity contribution >= 4 is 11.9 Å². The molecule has 0 aliphatic heterocycles. The molecule has 1 fully saturated rings. The Labute approximate surface area is 86.9 Å². The topological polar surface area (TPSA) is 47.3 Å². The lowest BCUT2D eigenvalue weighted by molar-refractivity contribution is 0.111. The average molecular weight is 201 g/mol. The number of carbonyl (C=O) groups excluding carboxylic acids is 1. The van der Waals surface area contributed by atoms with Crippen LogP contribution in [0, 0.1) is 0 Å². The van der Waals surface area contributed by atoms with Gasteiger partial charge in [-0.3, -0.25) is 4.79 Å². The number of aromatic nitrogens is 3. The van der Waals surface area contributed by atoms with Gasteiger partial charge in [-0.15, -0.1) is 0 Å².